The van der Waals surface area contributed by atoms with Gasteiger partial charge in [-0.1, -0.05) is 13.8 Å². The average Bonchev–Trinajstić information content (AvgIpc) is 2.64. The van der Waals surface area contributed by atoms with Crippen molar-refractivity contribution >= 4 is 17.3 Å². The van der Waals surface area contributed by atoms with Crippen LogP contribution < -0.4 is 5.73 Å². The minimum atomic E-state index is -1.04. The molecule has 14 heavy (non-hydrogen) atoms. The number of rotatable bonds is 4. The fourth-order valence-electron chi connectivity index (χ4n) is 0.971. The van der Waals surface area contributed by atoms with Gasteiger partial charge in [0, 0.05) is 11.3 Å². The van der Waals surface area contributed by atoms with Crippen molar-refractivity contribution in [3.8, 4) is 0 Å². The molecule has 5 heteroatoms. The lowest BCUT2D eigenvalue weighted by Gasteiger charge is -2.03. The topological polar surface area (TPSA) is 76.2 Å². The van der Waals surface area contributed by atoms with Crippen molar-refractivity contribution in [2.24, 2.45) is 5.73 Å². The molecule has 0 aliphatic rings. The highest BCUT2D eigenvalue weighted by atomic mass is 32.1. The van der Waals surface area contributed by atoms with Gasteiger partial charge in [-0.05, 0) is 6.42 Å². The first-order valence-electron chi connectivity index (χ1n) is 4.50. The van der Waals surface area contributed by atoms with Crippen molar-refractivity contribution in [2.45, 2.75) is 32.2 Å². The summed E-state index contributed by atoms with van der Waals surface area (Å²) in [6, 6.07) is -0.996. The summed E-state index contributed by atoms with van der Waals surface area (Å²) in [5, 5.41) is 11.4. The predicted molar refractivity (Wildman–Crippen MR) is 55.4 cm³/mol. The first-order chi connectivity index (χ1) is 6.56. The van der Waals surface area contributed by atoms with Crippen molar-refractivity contribution in [3.05, 3.63) is 16.1 Å². The molecule has 2 atom stereocenters. The predicted octanol–water partition coefficient (Wildman–Crippen LogP) is 1.74. The SMILES string of the molecule is CCC(C)c1nc(C(N)C(=O)O)cs1. The summed E-state index contributed by atoms with van der Waals surface area (Å²) in [7, 11) is 0. The van der Waals surface area contributed by atoms with E-state index in [1.807, 2.05) is 0 Å². The Morgan fingerprint density at radius 3 is 2.93 bits per heavy atom. The molecule has 1 aromatic rings. The van der Waals surface area contributed by atoms with Crippen molar-refractivity contribution < 1.29 is 9.90 Å². The van der Waals surface area contributed by atoms with E-state index in [0.29, 0.717) is 11.6 Å². The maximum Gasteiger partial charge on any atom is 0.326 e. The quantitative estimate of drug-likeness (QED) is 0.800. The smallest absolute Gasteiger partial charge is 0.326 e. The van der Waals surface area contributed by atoms with Gasteiger partial charge in [-0.2, -0.15) is 0 Å². The largest absolute Gasteiger partial charge is 0.480 e. The van der Waals surface area contributed by atoms with Gasteiger partial charge in [0.25, 0.3) is 0 Å². The summed E-state index contributed by atoms with van der Waals surface area (Å²) >= 11 is 1.47. The number of hydrogen-bond donors (Lipinski definition) is 2. The maximum atomic E-state index is 10.6. The molecule has 0 fully saturated rings. The molecule has 1 rings (SSSR count). The van der Waals surface area contributed by atoms with Crippen LogP contribution in [-0.4, -0.2) is 16.1 Å². The molecular weight excluding hydrogens is 200 g/mol. The second-order valence-corrected chi connectivity index (χ2v) is 4.13. The number of carboxylic acid groups (broad SMARTS) is 1. The first-order valence-corrected chi connectivity index (χ1v) is 5.38. The Bertz CT molecular complexity index is 324. The zero-order valence-electron chi connectivity index (χ0n) is 8.23. The van der Waals surface area contributed by atoms with Gasteiger partial charge < -0.3 is 10.8 Å². The average molecular weight is 214 g/mol. The summed E-state index contributed by atoms with van der Waals surface area (Å²) in [6.45, 7) is 4.14. The number of carbonyl (C=O) groups is 1. The van der Waals surface area contributed by atoms with E-state index in [0.717, 1.165) is 11.4 Å². The van der Waals surface area contributed by atoms with Crippen LogP contribution in [0.15, 0.2) is 5.38 Å². The van der Waals surface area contributed by atoms with Gasteiger partial charge in [0.15, 0.2) is 0 Å². The molecule has 1 heterocycles. The van der Waals surface area contributed by atoms with Gasteiger partial charge in [0.1, 0.15) is 6.04 Å². The third kappa shape index (κ3) is 2.30. The van der Waals surface area contributed by atoms with E-state index in [-0.39, 0.29) is 0 Å². The number of hydrogen-bond acceptors (Lipinski definition) is 4. The van der Waals surface area contributed by atoms with Gasteiger partial charge in [0.2, 0.25) is 0 Å². The number of nitrogens with zero attached hydrogens (tertiary/aromatic N) is 1. The van der Waals surface area contributed by atoms with Gasteiger partial charge in [-0.3, -0.25) is 4.79 Å². The number of aliphatic carboxylic acids is 1. The fraction of sp³-hybridized carbons (Fsp3) is 0.556. The number of aromatic nitrogens is 1. The summed E-state index contributed by atoms with van der Waals surface area (Å²) in [6.07, 6.45) is 0.995. The maximum absolute atomic E-state index is 10.6. The van der Waals surface area contributed by atoms with E-state index in [4.69, 9.17) is 10.8 Å². The first kappa shape index (κ1) is 11.1. The van der Waals surface area contributed by atoms with E-state index in [1.165, 1.54) is 11.3 Å². The Morgan fingerprint density at radius 2 is 2.43 bits per heavy atom. The highest BCUT2D eigenvalue weighted by molar-refractivity contribution is 7.09. The van der Waals surface area contributed by atoms with Crippen LogP contribution in [-0.2, 0) is 4.79 Å². The molecule has 3 N–H and O–H groups in total. The van der Waals surface area contributed by atoms with Gasteiger partial charge in [0.05, 0.1) is 10.7 Å². The van der Waals surface area contributed by atoms with Gasteiger partial charge in [-0.25, -0.2) is 4.98 Å². The van der Waals surface area contributed by atoms with Crippen LogP contribution in [0.2, 0.25) is 0 Å². The molecule has 0 bridgehead atoms. The van der Waals surface area contributed by atoms with E-state index in [9.17, 15) is 4.79 Å². The number of thiazole rings is 1. The standard InChI is InChI=1S/C9H14N2O2S/c1-3-5(2)8-11-6(4-14-8)7(10)9(12)13/h4-5,7H,3,10H2,1-2H3,(H,12,13). The third-order valence-corrected chi connectivity index (χ3v) is 3.25. The summed E-state index contributed by atoms with van der Waals surface area (Å²) in [5.41, 5.74) is 5.89. The van der Waals surface area contributed by atoms with Crippen LogP contribution >= 0.6 is 11.3 Å². The lowest BCUT2D eigenvalue weighted by molar-refractivity contribution is -0.138. The summed E-state index contributed by atoms with van der Waals surface area (Å²) in [5.74, 6) is -0.666. The Morgan fingerprint density at radius 1 is 1.79 bits per heavy atom. The second-order valence-electron chi connectivity index (χ2n) is 3.24. The normalized spacial score (nSPS) is 15.1. The Balaban J connectivity index is 2.82. The summed E-state index contributed by atoms with van der Waals surface area (Å²) in [4.78, 5) is 14.8. The Hall–Kier alpha value is -0.940. The zero-order valence-corrected chi connectivity index (χ0v) is 9.04. The Kier molecular flexibility index (Phi) is 3.60. The second kappa shape index (κ2) is 4.52. The van der Waals surface area contributed by atoms with Gasteiger partial charge >= 0.3 is 5.97 Å². The molecule has 0 radical (unpaired) electrons. The molecule has 0 aromatic carbocycles. The highest BCUT2D eigenvalue weighted by Gasteiger charge is 2.18. The summed E-state index contributed by atoms with van der Waals surface area (Å²) < 4.78 is 0. The van der Waals surface area contributed by atoms with E-state index in [2.05, 4.69) is 18.8 Å². The molecule has 0 amide bonds. The van der Waals surface area contributed by atoms with Crippen LogP contribution in [0.3, 0.4) is 0 Å². The van der Waals surface area contributed by atoms with Crippen molar-refractivity contribution in [1.29, 1.82) is 0 Å². The monoisotopic (exact) mass is 214 g/mol. The molecule has 0 saturated heterocycles. The molecule has 2 unspecified atom stereocenters. The van der Waals surface area contributed by atoms with Crippen molar-refractivity contribution in [3.63, 3.8) is 0 Å². The molecule has 0 aliphatic heterocycles. The molecule has 78 valence electrons. The molecule has 4 nitrogen and oxygen atoms in total. The molecule has 1 aromatic heterocycles. The van der Waals surface area contributed by atoms with Crippen molar-refractivity contribution in [1.82, 2.24) is 4.98 Å². The van der Waals surface area contributed by atoms with Crippen LogP contribution in [0.1, 0.15) is 42.9 Å². The van der Waals surface area contributed by atoms with E-state index >= 15 is 0 Å². The van der Waals surface area contributed by atoms with Crippen molar-refractivity contribution in [2.75, 3.05) is 0 Å². The van der Waals surface area contributed by atoms with E-state index < -0.39 is 12.0 Å². The molecule has 0 spiro atoms. The minimum Gasteiger partial charge on any atom is -0.480 e. The van der Waals surface area contributed by atoms with E-state index in [1.54, 1.807) is 5.38 Å². The highest BCUT2D eigenvalue weighted by Crippen LogP contribution is 2.24. The van der Waals surface area contributed by atoms with Crippen LogP contribution in [0.4, 0.5) is 0 Å². The van der Waals surface area contributed by atoms with Crippen LogP contribution in [0.5, 0.6) is 0 Å². The molecule has 0 saturated carbocycles. The lowest BCUT2D eigenvalue weighted by Crippen LogP contribution is -2.21. The fourth-order valence-corrected chi connectivity index (χ4v) is 1.97. The third-order valence-electron chi connectivity index (χ3n) is 2.16. The van der Waals surface area contributed by atoms with Crippen LogP contribution in [0.25, 0.3) is 0 Å². The lowest BCUT2D eigenvalue weighted by atomic mass is 10.1. The van der Waals surface area contributed by atoms with Gasteiger partial charge in [-0.15, -0.1) is 11.3 Å². The molecular formula is C9H14N2O2S. The minimum absolute atomic E-state index is 0.370. The number of nitrogens with two attached hydrogens (primary N) is 1. The Labute approximate surface area is 86.8 Å². The van der Waals surface area contributed by atoms with Crippen LogP contribution in [0, 0.1) is 0 Å². The molecule has 0 aliphatic carbocycles. The number of carboxylic acids is 1. The zero-order chi connectivity index (χ0) is 10.7.